The molecule has 0 aliphatic carbocycles. The van der Waals surface area contributed by atoms with Crippen molar-refractivity contribution in [2.75, 3.05) is 10.6 Å². The maximum absolute atomic E-state index is 12.4. The van der Waals surface area contributed by atoms with Crippen molar-refractivity contribution in [3.05, 3.63) is 64.0 Å². The molecule has 0 saturated heterocycles. The second-order valence-corrected chi connectivity index (χ2v) is 6.25. The zero-order chi connectivity index (χ0) is 18.0. The Labute approximate surface area is 149 Å². The number of urea groups is 1. The largest absolute Gasteiger partial charge is 0.349 e. The van der Waals surface area contributed by atoms with E-state index in [0.29, 0.717) is 27.4 Å². The number of benzene rings is 2. The van der Waals surface area contributed by atoms with Crippen LogP contribution < -0.4 is 16.3 Å². The fraction of sp³-hybridized carbons (Fsp3) is 0.167. The Morgan fingerprint density at radius 1 is 1.08 bits per heavy atom. The van der Waals surface area contributed by atoms with Crippen LogP contribution in [0.1, 0.15) is 19.9 Å². The summed E-state index contributed by atoms with van der Waals surface area (Å²) < 4.78 is 1.46. The van der Waals surface area contributed by atoms with Gasteiger partial charge in [0.25, 0.3) is 0 Å². The Hall–Kier alpha value is -2.86. The van der Waals surface area contributed by atoms with Crippen LogP contribution in [0.25, 0.3) is 10.9 Å². The third-order valence-electron chi connectivity index (χ3n) is 3.67. The summed E-state index contributed by atoms with van der Waals surface area (Å²) in [5.41, 5.74) is 0.723. The monoisotopic (exact) mass is 356 g/mol. The SMILES string of the molecule is CC(C)n1c(NC(=O)Nc2ccc(Cl)cc2)c2ccccc2nc1=O. The Kier molecular flexibility index (Phi) is 4.72. The number of fused-ring (bicyclic) bond motifs is 1. The molecule has 0 fully saturated rings. The summed E-state index contributed by atoms with van der Waals surface area (Å²) in [7, 11) is 0. The molecule has 0 bridgehead atoms. The van der Waals surface area contributed by atoms with Crippen LogP contribution in [0.4, 0.5) is 16.3 Å². The lowest BCUT2D eigenvalue weighted by molar-refractivity contribution is 0.262. The molecule has 3 aromatic rings. The smallest absolute Gasteiger partial charge is 0.308 e. The number of para-hydroxylation sites is 1. The Bertz CT molecular complexity index is 981. The molecule has 2 N–H and O–H groups in total. The molecule has 0 saturated carbocycles. The number of carbonyl (C=O) groups is 1. The summed E-state index contributed by atoms with van der Waals surface area (Å²) in [6.07, 6.45) is 0. The van der Waals surface area contributed by atoms with Crippen LogP contribution in [0.5, 0.6) is 0 Å². The van der Waals surface area contributed by atoms with Crippen LogP contribution in [0.3, 0.4) is 0 Å². The van der Waals surface area contributed by atoms with Gasteiger partial charge in [0.2, 0.25) is 0 Å². The summed E-state index contributed by atoms with van der Waals surface area (Å²) in [5, 5.41) is 6.78. The first-order valence-corrected chi connectivity index (χ1v) is 8.18. The van der Waals surface area contributed by atoms with Crippen LogP contribution in [-0.4, -0.2) is 15.6 Å². The van der Waals surface area contributed by atoms with Gasteiger partial charge in [-0.2, -0.15) is 4.98 Å². The summed E-state index contributed by atoms with van der Waals surface area (Å²) in [4.78, 5) is 28.8. The van der Waals surface area contributed by atoms with Gasteiger partial charge in [0.1, 0.15) is 5.82 Å². The van der Waals surface area contributed by atoms with Crippen molar-refractivity contribution in [1.82, 2.24) is 9.55 Å². The van der Waals surface area contributed by atoms with Crippen LogP contribution in [0.2, 0.25) is 5.02 Å². The number of carbonyl (C=O) groups excluding carboxylic acids is 1. The molecule has 2 amide bonds. The number of rotatable bonds is 3. The molecule has 128 valence electrons. The number of amides is 2. The number of nitrogens with zero attached hydrogens (tertiary/aromatic N) is 2. The van der Waals surface area contributed by atoms with Crippen LogP contribution in [0, 0.1) is 0 Å². The number of hydrogen-bond acceptors (Lipinski definition) is 3. The summed E-state index contributed by atoms with van der Waals surface area (Å²) in [6.45, 7) is 3.72. The fourth-order valence-corrected chi connectivity index (χ4v) is 2.69. The first-order valence-electron chi connectivity index (χ1n) is 7.80. The third kappa shape index (κ3) is 3.64. The van der Waals surface area contributed by atoms with E-state index in [2.05, 4.69) is 15.6 Å². The molecule has 3 rings (SSSR count). The minimum Gasteiger partial charge on any atom is -0.308 e. The highest BCUT2D eigenvalue weighted by Gasteiger charge is 2.16. The molecular formula is C18H17ClN4O2. The zero-order valence-electron chi connectivity index (χ0n) is 13.8. The molecule has 1 heterocycles. The molecule has 6 nitrogen and oxygen atoms in total. The van der Waals surface area contributed by atoms with Gasteiger partial charge in [0, 0.05) is 22.1 Å². The molecule has 2 aromatic carbocycles. The van der Waals surface area contributed by atoms with Gasteiger partial charge in [-0.25, -0.2) is 9.59 Å². The van der Waals surface area contributed by atoms with Gasteiger partial charge < -0.3 is 5.32 Å². The first-order chi connectivity index (χ1) is 12.0. The normalized spacial score (nSPS) is 10.9. The van der Waals surface area contributed by atoms with Crippen LogP contribution in [0.15, 0.2) is 53.3 Å². The topological polar surface area (TPSA) is 76.0 Å². The van der Waals surface area contributed by atoms with E-state index in [4.69, 9.17) is 11.6 Å². The van der Waals surface area contributed by atoms with E-state index in [9.17, 15) is 9.59 Å². The number of halogens is 1. The van der Waals surface area contributed by atoms with E-state index >= 15 is 0 Å². The first kappa shape index (κ1) is 17.0. The van der Waals surface area contributed by atoms with Crippen molar-refractivity contribution in [3.63, 3.8) is 0 Å². The molecule has 0 atom stereocenters. The van der Waals surface area contributed by atoms with Crippen molar-refractivity contribution in [2.24, 2.45) is 0 Å². The van der Waals surface area contributed by atoms with E-state index < -0.39 is 11.7 Å². The van der Waals surface area contributed by atoms with Gasteiger partial charge in [-0.05, 0) is 50.2 Å². The van der Waals surface area contributed by atoms with Crippen molar-refractivity contribution in [2.45, 2.75) is 19.9 Å². The van der Waals surface area contributed by atoms with Crippen molar-refractivity contribution in [3.8, 4) is 0 Å². The number of hydrogen-bond donors (Lipinski definition) is 2. The van der Waals surface area contributed by atoms with Gasteiger partial charge in [0.15, 0.2) is 0 Å². The predicted octanol–water partition coefficient (Wildman–Crippen LogP) is 4.27. The highest BCUT2D eigenvalue weighted by Crippen LogP contribution is 2.23. The van der Waals surface area contributed by atoms with Gasteiger partial charge in [-0.1, -0.05) is 23.7 Å². The maximum atomic E-state index is 12.4. The van der Waals surface area contributed by atoms with E-state index in [1.165, 1.54) is 4.57 Å². The number of aromatic nitrogens is 2. The van der Waals surface area contributed by atoms with Crippen molar-refractivity contribution in [1.29, 1.82) is 0 Å². The van der Waals surface area contributed by atoms with Gasteiger partial charge in [0.05, 0.1) is 5.52 Å². The van der Waals surface area contributed by atoms with Gasteiger partial charge in [-0.15, -0.1) is 0 Å². The lowest BCUT2D eigenvalue weighted by atomic mass is 10.2. The maximum Gasteiger partial charge on any atom is 0.349 e. The molecular weight excluding hydrogens is 340 g/mol. The summed E-state index contributed by atoms with van der Waals surface area (Å²) in [5.74, 6) is 0.414. The minimum atomic E-state index is -0.451. The quantitative estimate of drug-likeness (QED) is 0.735. The Morgan fingerprint density at radius 3 is 2.44 bits per heavy atom. The van der Waals surface area contributed by atoms with E-state index in [1.54, 1.807) is 36.4 Å². The van der Waals surface area contributed by atoms with Gasteiger partial charge >= 0.3 is 11.7 Å². The standard InChI is InChI=1S/C18H17ClN4O2/c1-11(2)23-16(14-5-3-4-6-15(14)21-18(23)25)22-17(24)20-13-9-7-12(19)8-10-13/h3-11H,1-2H3,(H2,20,22,24). The molecule has 0 aliphatic heterocycles. The Morgan fingerprint density at radius 2 is 1.76 bits per heavy atom. The van der Waals surface area contributed by atoms with Crippen molar-refractivity contribution >= 4 is 40.0 Å². The van der Waals surface area contributed by atoms with E-state index in [1.807, 2.05) is 26.0 Å². The average molecular weight is 357 g/mol. The molecule has 0 radical (unpaired) electrons. The van der Waals surface area contributed by atoms with Gasteiger partial charge in [-0.3, -0.25) is 9.88 Å². The number of anilines is 2. The van der Waals surface area contributed by atoms with E-state index in [-0.39, 0.29) is 6.04 Å². The second-order valence-electron chi connectivity index (χ2n) is 5.81. The highest BCUT2D eigenvalue weighted by molar-refractivity contribution is 6.30. The molecule has 0 aliphatic rings. The minimum absolute atomic E-state index is 0.157. The molecule has 25 heavy (non-hydrogen) atoms. The third-order valence-corrected chi connectivity index (χ3v) is 3.92. The molecule has 7 heteroatoms. The Balaban J connectivity index is 1.99. The lowest BCUT2D eigenvalue weighted by Gasteiger charge is -2.18. The molecule has 1 aromatic heterocycles. The lowest BCUT2D eigenvalue weighted by Crippen LogP contribution is -2.30. The summed E-state index contributed by atoms with van der Waals surface area (Å²) >= 11 is 5.84. The highest BCUT2D eigenvalue weighted by atomic mass is 35.5. The van der Waals surface area contributed by atoms with Crippen LogP contribution >= 0.6 is 11.6 Å². The van der Waals surface area contributed by atoms with Crippen LogP contribution in [-0.2, 0) is 0 Å². The number of nitrogens with one attached hydrogen (secondary N) is 2. The molecule has 0 unspecified atom stereocenters. The second kappa shape index (κ2) is 6.94. The zero-order valence-corrected chi connectivity index (χ0v) is 14.5. The fourth-order valence-electron chi connectivity index (χ4n) is 2.56. The van der Waals surface area contributed by atoms with E-state index in [0.717, 1.165) is 0 Å². The molecule has 0 spiro atoms. The summed E-state index contributed by atoms with van der Waals surface area (Å²) in [6, 6.07) is 13.3. The van der Waals surface area contributed by atoms with Crippen molar-refractivity contribution < 1.29 is 4.79 Å². The average Bonchev–Trinajstić information content (AvgIpc) is 2.56. The predicted molar refractivity (Wildman–Crippen MR) is 100 cm³/mol.